The van der Waals surface area contributed by atoms with E-state index in [9.17, 15) is 23.5 Å². The number of hydrogen-bond donors (Lipinski definition) is 2. The van der Waals surface area contributed by atoms with Gasteiger partial charge in [0, 0.05) is 37.8 Å². The highest BCUT2D eigenvalue weighted by Crippen LogP contribution is 2.40. The quantitative estimate of drug-likeness (QED) is 0.608. The maximum Gasteiger partial charge on any atom is 0.341 e. The molecule has 176 valence electrons. The topological polar surface area (TPSA) is 83.8 Å². The number of anilines is 1. The van der Waals surface area contributed by atoms with Crippen molar-refractivity contribution in [1.82, 2.24) is 9.88 Å². The number of pyridine rings is 1. The van der Waals surface area contributed by atoms with E-state index in [0.717, 1.165) is 25.1 Å². The fourth-order valence-corrected chi connectivity index (χ4v) is 4.21. The number of methoxy groups -OCH3 is 1. The van der Waals surface area contributed by atoms with Gasteiger partial charge < -0.3 is 24.6 Å². The standard InChI is InChI=1S/C21H24F3N3O4.ClH/c1-31-20-17-13(19(28)14(21(29)30)9-26(17)5-4-22)6-15(23)18(20)27-8-11(16(24)10-27)7-25-12-2-3-12;/h6,9,11-12,16,25H,2-5,7-8,10H2,1H3,(H,29,30);1H/t11-,16+;/m0./s1/i9+2;. The van der Waals surface area contributed by atoms with Crippen molar-refractivity contribution in [3.8, 4) is 5.75 Å². The van der Waals surface area contributed by atoms with E-state index in [1.165, 1.54) is 16.6 Å². The van der Waals surface area contributed by atoms with E-state index in [-0.39, 0.29) is 60.3 Å². The smallest absolute Gasteiger partial charge is 0.341 e. The van der Waals surface area contributed by atoms with Crippen molar-refractivity contribution in [3.05, 3.63) is 33.9 Å². The Morgan fingerprint density at radius 3 is 2.69 bits per heavy atom. The summed E-state index contributed by atoms with van der Waals surface area (Å²) in [6, 6.07) is 1.35. The van der Waals surface area contributed by atoms with Crippen LogP contribution in [0.2, 0.25) is 0 Å². The van der Waals surface area contributed by atoms with Crippen LogP contribution in [-0.4, -0.2) is 61.3 Å². The van der Waals surface area contributed by atoms with Crippen LogP contribution in [0.25, 0.3) is 10.9 Å². The number of halogens is 4. The van der Waals surface area contributed by atoms with Crippen molar-refractivity contribution in [2.45, 2.75) is 31.6 Å². The lowest BCUT2D eigenvalue weighted by Gasteiger charge is -2.24. The number of fused-ring (bicyclic) bond motifs is 1. The zero-order valence-corrected chi connectivity index (χ0v) is 18.3. The first-order valence-electron chi connectivity index (χ1n) is 10.2. The Balaban J connectivity index is 0.00000289. The summed E-state index contributed by atoms with van der Waals surface area (Å²) in [4.78, 5) is 25.6. The van der Waals surface area contributed by atoms with Gasteiger partial charge >= 0.3 is 5.97 Å². The molecule has 1 saturated heterocycles. The molecule has 4 rings (SSSR count). The maximum absolute atomic E-state index is 15.2. The van der Waals surface area contributed by atoms with Crippen LogP contribution in [-0.2, 0) is 6.54 Å². The summed E-state index contributed by atoms with van der Waals surface area (Å²) in [5, 5.41) is 12.4. The van der Waals surface area contributed by atoms with Crippen LogP contribution in [0.5, 0.6) is 5.75 Å². The molecule has 0 radical (unpaired) electrons. The molecular weight excluding hydrogens is 453 g/mol. The van der Waals surface area contributed by atoms with Crippen molar-refractivity contribution in [1.29, 1.82) is 0 Å². The predicted octanol–water partition coefficient (Wildman–Crippen LogP) is 2.77. The molecule has 11 heteroatoms. The van der Waals surface area contributed by atoms with E-state index in [1.54, 1.807) is 0 Å². The third-order valence-corrected chi connectivity index (χ3v) is 5.93. The molecule has 1 saturated carbocycles. The number of aromatic nitrogens is 1. The highest BCUT2D eigenvalue weighted by Gasteiger charge is 2.37. The first kappa shape index (κ1) is 24.2. The van der Waals surface area contributed by atoms with Crippen LogP contribution in [0.1, 0.15) is 23.2 Å². The molecule has 2 heterocycles. The Morgan fingerprint density at radius 1 is 1.38 bits per heavy atom. The largest absolute Gasteiger partial charge is 0.492 e. The van der Waals surface area contributed by atoms with Crippen LogP contribution in [0.3, 0.4) is 0 Å². The van der Waals surface area contributed by atoms with Crippen molar-refractivity contribution in [2.24, 2.45) is 5.92 Å². The summed E-state index contributed by atoms with van der Waals surface area (Å²) in [7, 11) is 1.28. The minimum absolute atomic E-state index is 0. The second-order valence-electron chi connectivity index (χ2n) is 8.06. The Kier molecular flexibility index (Phi) is 7.24. The lowest BCUT2D eigenvalue weighted by molar-refractivity contribution is 0.0694. The second kappa shape index (κ2) is 9.58. The van der Waals surface area contributed by atoms with Gasteiger partial charge in [-0.1, -0.05) is 0 Å². The number of nitrogens with zero attached hydrogens (tertiary/aromatic N) is 2. The molecular formula is C21H25ClF3N3O4. The zero-order chi connectivity index (χ0) is 22.3. The Hall–Kier alpha value is -2.46. The Morgan fingerprint density at radius 2 is 2.09 bits per heavy atom. The van der Waals surface area contributed by atoms with E-state index < -0.39 is 35.6 Å². The molecule has 32 heavy (non-hydrogen) atoms. The van der Waals surface area contributed by atoms with E-state index in [4.69, 9.17) is 4.74 Å². The number of hydrogen-bond acceptors (Lipinski definition) is 5. The van der Waals surface area contributed by atoms with E-state index in [0.29, 0.717) is 12.6 Å². The number of benzene rings is 1. The second-order valence-corrected chi connectivity index (χ2v) is 8.06. The molecule has 0 spiro atoms. The maximum atomic E-state index is 15.2. The molecule has 7 nitrogen and oxygen atoms in total. The van der Waals surface area contributed by atoms with Crippen LogP contribution < -0.4 is 20.4 Å². The number of carboxylic acids is 1. The van der Waals surface area contributed by atoms with Crippen LogP contribution >= 0.6 is 12.4 Å². The monoisotopic (exact) mass is 477 g/mol. The molecule has 2 N–H and O–H groups in total. The first-order chi connectivity index (χ1) is 14.8. The van der Waals surface area contributed by atoms with Gasteiger partial charge in [0.15, 0.2) is 11.6 Å². The minimum Gasteiger partial charge on any atom is -0.492 e. The highest BCUT2D eigenvalue weighted by molar-refractivity contribution is 5.97. The van der Waals surface area contributed by atoms with E-state index >= 15 is 4.39 Å². The van der Waals surface area contributed by atoms with Crippen molar-refractivity contribution < 1.29 is 27.8 Å². The third-order valence-electron chi connectivity index (χ3n) is 5.93. The SMILES string of the molecule is COc1c(N2C[C@H](CNC3CC3)[C@H](F)C2)c(F)cc2c(=O)c(C(=O)O)[14cH]n(CCF)c12.Cl. The van der Waals surface area contributed by atoms with Gasteiger partial charge in [-0.2, -0.15) is 0 Å². The molecule has 2 aliphatic rings. The summed E-state index contributed by atoms with van der Waals surface area (Å²) in [5.74, 6) is -2.68. The van der Waals surface area contributed by atoms with Gasteiger partial charge in [-0.25, -0.2) is 18.0 Å². The molecule has 2 aromatic rings. The number of aryl methyl sites for hydroxylation is 1. The Labute approximate surface area is 188 Å². The average Bonchev–Trinajstić information content (AvgIpc) is 3.49. The van der Waals surface area contributed by atoms with Gasteiger partial charge in [-0.3, -0.25) is 4.79 Å². The highest BCUT2D eigenvalue weighted by atomic mass is 35.5. The molecule has 1 aromatic heterocycles. The fraction of sp³-hybridized carbons (Fsp3) is 0.524. The number of ether oxygens (including phenoxy) is 1. The predicted molar refractivity (Wildman–Crippen MR) is 117 cm³/mol. The van der Waals surface area contributed by atoms with Crippen molar-refractivity contribution >= 4 is 35.0 Å². The van der Waals surface area contributed by atoms with Crippen LogP contribution in [0.15, 0.2) is 17.1 Å². The number of carbonyl (C=O) groups is 1. The third kappa shape index (κ3) is 4.38. The molecule has 1 aromatic carbocycles. The average molecular weight is 478 g/mol. The van der Waals surface area contributed by atoms with Crippen LogP contribution in [0.4, 0.5) is 18.9 Å². The molecule has 2 atom stereocenters. The summed E-state index contributed by atoms with van der Waals surface area (Å²) in [6.45, 7) is -0.402. The van der Waals surface area contributed by atoms with Gasteiger partial charge in [0.25, 0.3) is 0 Å². The van der Waals surface area contributed by atoms with Crippen molar-refractivity contribution in [2.75, 3.05) is 38.3 Å². The first-order valence-corrected chi connectivity index (χ1v) is 10.2. The van der Waals surface area contributed by atoms with Gasteiger partial charge in [0.2, 0.25) is 5.43 Å². The van der Waals surface area contributed by atoms with Gasteiger partial charge in [0.05, 0.1) is 24.6 Å². The summed E-state index contributed by atoms with van der Waals surface area (Å²) < 4.78 is 49.7. The molecule has 0 bridgehead atoms. The molecule has 0 amide bonds. The fourth-order valence-electron chi connectivity index (χ4n) is 4.21. The Bertz CT molecular complexity index is 1080. The lowest BCUT2D eigenvalue weighted by Crippen LogP contribution is -2.30. The minimum atomic E-state index is -1.49. The summed E-state index contributed by atoms with van der Waals surface area (Å²) >= 11 is 0. The number of aromatic carboxylic acids is 1. The molecule has 0 unspecified atom stereocenters. The van der Waals surface area contributed by atoms with E-state index in [2.05, 4.69) is 5.32 Å². The van der Waals surface area contributed by atoms with Crippen molar-refractivity contribution in [3.63, 3.8) is 0 Å². The summed E-state index contributed by atoms with van der Waals surface area (Å²) in [6.07, 6.45) is 2.00. The number of carboxylic acid groups (broad SMARTS) is 1. The van der Waals surface area contributed by atoms with Gasteiger partial charge in [-0.05, 0) is 18.9 Å². The van der Waals surface area contributed by atoms with Crippen LogP contribution in [0, 0.1) is 11.7 Å². The summed E-state index contributed by atoms with van der Waals surface area (Å²) in [5.41, 5.74) is -1.41. The number of alkyl halides is 2. The molecule has 2 fully saturated rings. The zero-order valence-electron chi connectivity index (χ0n) is 17.4. The lowest BCUT2D eigenvalue weighted by atomic mass is 10.1. The number of rotatable bonds is 8. The van der Waals surface area contributed by atoms with Gasteiger partial charge in [0.1, 0.15) is 24.1 Å². The normalized spacial score (nSPS) is 20.4. The molecule has 1 aliphatic heterocycles. The molecule has 1 aliphatic carbocycles. The number of nitrogens with one attached hydrogen (secondary N) is 1. The van der Waals surface area contributed by atoms with Gasteiger partial charge in [-0.15, -0.1) is 12.4 Å². The van der Waals surface area contributed by atoms with E-state index in [1.807, 2.05) is 0 Å².